The third-order valence-electron chi connectivity index (χ3n) is 5.14. The molecule has 0 saturated carbocycles. The van der Waals surface area contributed by atoms with E-state index in [2.05, 4.69) is 4.98 Å². The number of para-hydroxylation sites is 2. The Hall–Kier alpha value is -3.73. The summed E-state index contributed by atoms with van der Waals surface area (Å²) in [6, 6.07) is 24.7. The second-order valence-corrected chi connectivity index (χ2v) is 6.81. The van der Waals surface area contributed by atoms with E-state index in [9.17, 15) is 9.59 Å². The SMILES string of the molecule is O=C1C[C@H](c2cc3ccccc3n2-c2ccccn2)C(=O)N1c1ccccc1. The van der Waals surface area contributed by atoms with E-state index in [1.54, 1.807) is 18.3 Å². The number of carbonyl (C=O) groups excluding carboxylic acids is 2. The van der Waals surface area contributed by atoms with Gasteiger partial charge in [0.25, 0.3) is 0 Å². The molecule has 0 unspecified atom stereocenters. The van der Waals surface area contributed by atoms with E-state index in [-0.39, 0.29) is 18.2 Å². The van der Waals surface area contributed by atoms with Gasteiger partial charge in [0.15, 0.2) is 0 Å². The molecule has 0 spiro atoms. The lowest BCUT2D eigenvalue weighted by molar-refractivity contribution is -0.121. The number of hydrogen-bond acceptors (Lipinski definition) is 3. The number of hydrogen-bond donors (Lipinski definition) is 0. The number of anilines is 1. The Morgan fingerprint density at radius 1 is 0.857 bits per heavy atom. The molecule has 3 heterocycles. The number of aromatic nitrogens is 2. The molecule has 1 aliphatic heterocycles. The van der Waals surface area contributed by atoms with Crippen LogP contribution in [0.3, 0.4) is 0 Å². The standard InChI is InChI=1S/C23H17N3O2/c27-22-15-18(23(28)25(22)17-9-2-1-3-10-17)20-14-16-8-4-5-11-19(16)26(20)21-12-6-7-13-24-21/h1-14,18H,15H2/t18-/m1/s1. The molecule has 2 aromatic carbocycles. The van der Waals surface area contributed by atoms with E-state index in [0.29, 0.717) is 5.69 Å². The molecule has 5 nitrogen and oxygen atoms in total. The average Bonchev–Trinajstić information content (AvgIpc) is 3.26. The van der Waals surface area contributed by atoms with Crippen molar-refractivity contribution < 1.29 is 9.59 Å². The molecule has 0 bridgehead atoms. The molecule has 1 atom stereocenters. The normalized spacial score (nSPS) is 16.9. The molecule has 5 rings (SSSR count). The van der Waals surface area contributed by atoms with E-state index in [0.717, 1.165) is 22.4 Å². The van der Waals surface area contributed by atoms with Crippen molar-refractivity contribution >= 4 is 28.4 Å². The molecule has 1 aliphatic rings. The predicted octanol–water partition coefficient (Wildman–Crippen LogP) is 4.07. The largest absolute Gasteiger partial charge is 0.297 e. The minimum atomic E-state index is -0.540. The fourth-order valence-corrected chi connectivity index (χ4v) is 3.89. The van der Waals surface area contributed by atoms with Gasteiger partial charge in [-0.25, -0.2) is 9.88 Å². The van der Waals surface area contributed by atoms with Crippen molar-refractivity contribution in [2.24, 2.45) is 0 Å². The van der Waals surface area contributed by atoms with Crippen molar-refractivity contribution in [1.82, 2.24) is 9.55 Å². The van der Waals surface area contributed by atoms with Crippen LogP contribution >= 0.6 is 0 Å². The maximum Gasteiger partial charge on any atom is 0.243 e. The fraction of sp³-hybridized carbons (Fsp3) is 0.0870. The predicted molar refractivity (Wildman–Crippen MR) is 107 cm³/mol. The van der Waals surface area contributed by atoms with Crippen LogP contribution in [-0.2, 0) is 9.59 Å². The summed E-state index contributed by atoms with van der Waals surface area (Å²) in [7, 11) is 0. The lowest BCUT2D eigenvalue weighted by atomic mass is 10.0. The van der Waals surface area contributed by atoms with Crippen LogP contribution in [0.4, 0.5) is 5.69 Å². The molecule has 0 aliphatic carbocycles. The van der Waals surface area contributed by atoms with Crippen LogP contribution in [0.2, 0.25) is 0 Å². The van der Waals surface area contributed by atoms with Gasteiger partial charge >= 0.3 is 0 Å². The second-order valence-electron chi connectivity index (χ2n) is 6.81. The van der Waals surface area contributed by atoms with Crippen LogP contribution in [0.5, 0.6) is 0 Å². The van der Waals surface area contributed by atoms with Gasteiger partial charge in [0.2, 0.25) is 11.8 Å². The zero-order chi connectivity index (χ0) is 19.1. The van der Waals surface area contributed by atoms with Crippen LogP contribution in [0.15, 0.2) is 85.1 Å². The maximum absolute atomic E-state index is 13.2. The first-order valence-electron chi connectivity index (χ1n) is 9.17. The van der Waals surface area contributed by atoms with E-state index < -0.39 is 5.92 Å². The minimum absolute atomic E-state index is 0.150. The van der Waals surface area contributed by atoms with Gasteiger partial charge in [-0.3, -0.25) is 14.2 Å². The summed E-state index contributed by atoms with van der Waals surface area (Å²) in [6.07, 6.45) is 1.88. The quantitative estimate of drug-likeness (QED) is 0.513. The fourth-order valence-electron chi connectivity index (χ4n) is 3.89. The number of nitrogens with zero attached hydrogens (tertiary/aromatic N) is 3. The molecular weight excluding hydrogens is 350 g/mol. The Kier molecular flexibility index (Phi) is 3.79. The van der Waals surface area contributed by atoms with Gasteiger partial charge < -0.3 is 0 Å². The van der Waals surface area contributed by atoms with Crippen LogP contribution in [-0.4, -0.2) is 21.4 Å². The molecule has 0 N–H and O–H groups in total. The van der Waals surface area contributed by atoms with Crippen molar-refractivity contribution in [2.75, 3.05) is 4.90 Å². The summed E-state index contributed by atoms with van der Waals surface area (Å²) < 4.78 is 1.99. The monoisotopic (exact) mass is 367 g/mol. The highest BCUT2D eigenvalue weighted by molar-refractivity contribution is 6.22. The Morgan fingerprint density at radius 2 is 1.61 bits per heavy atom. The summed E-state index contributed by atoms with van der Waals surface area (Å²) >= 11 is 0. The molecule has 0 radical (unpaired) electrons. The Morgan fingerprint density at radius 3 is 2.39 bits per heavy atom. The first-order valence-corrected chi connectivity index (χ1v) is 9.17. The van der Waals surface area contributed by atoms with Crippen molar-refractivity contribution in [3.05, 3.63) is 90.8 Å². The Labute approximate surface area is 161 Å². The number of fused-ring (bicyclic) bond motifs is 1. The highest BCUT2D eigenvalue weighted by Gasteiger charge is 2.42. The van der Waals surface area contributed by atoms with E-state index in [4.69, 9.17) is 0 Å². The van der Waals surface area contributed by atoms with Crippen LogP contribution in [0.25, 0.3) is 16.7 Å². The maximum atomic E-state index is 13.2. The minimum Gasteiger partial charge on any atom is -0.297 e. The van der Waals surface area contributed by atoms with E-state index >= 15 is 0 Å². The lowest BCUT2D eigenvalue weighted by Crippen LogP contribution is -2.30. The molecule has 5 heteroatoms. The van der Waals surface area contributed by atoms with Gasteiger partial charge in [0, 0.05) is 23.7 Å². The molecule has 28 heavy (non-hydrogen) atoms. The van der Waals surface area contributed by atoms with Gasteiger partial charge in [-0.15, -0.1) is 0 Å². The van der Waals surface area contributed by atoms with Crippen molar-refractivity contribution in [3.8, 4) is 5.82 Å². The topological polar surface area (TPSA) is 55.2 Å². The molecule has 1 saturated heterocycles. The summed E-state index contributed by atoms with van der Waals surface area (Å²) in [5, 5.41) is 1.02. The number of rotatable bonds is 3. The van der Waals surface area contributed by atoms with Crippen molar-refractivity contribution in [1.29, 1.82) is 0 Å². The van der Waals surface area contributed by atoms with Crippen molar-refractivity contribution in [2.45, 2.75) is 12.3 Å². The second kappa shape index (κ2) is 6.46. The van der Waals surface area contributed by atoms with Crippen LogP contribution in [0, 0.1) is 0 Å². The smallest absolute Gasteiger partial charge is 0.243 e. The number of carbonyl (C=O) groups is 2. The lowest BCUT2D eigenvalue weighted by Gasteiger charge is -2.16. The third kappa shape index (κ3) is 2.52. The average molecular weight is 367 g/mol. The molecule has 2 amide bonds. The Balaban J connectivity index is 1.66. The molecule has 136 valence electrons. The van der Waals surface area contributed by atoms with Gasteiger partial charge in [-0.1, -0.05) is 42.5 Å². The summed E-state index contributed by atoms with van der Waals surface area (Å²) in [6.45, 7) is 0. The zero-order valence-corrected chi connectivity index (χ0v) is 15.0. The van der Waals surface area contributed by atoms with Gasteiger partial charge in [-0.2, -0.15) is 0 Å². The first-order chi connectivity index (χ1) is 13.7. The highest BCUT2D eigenvalue weighted by Crippen LogP contribution is 2.37. The molecular formula is C23H17N3O2. The van der Waals surface area contributed by atoms with E-state index in [1.807, 2.05) is 71.3 Å². The number of amides is 2. The third-order valence-corrected chi connectivity index (χ3v) is 5.14. The van der Waals surface area contributed by atoms with Gasteiger partial charge in [0.05, 0.1) is 17.1 Å². The molecule has 4 aromatic rings. The first kappa shape index (κ1) is 16.4. The Bertz CT molecular complexity index is 1180. The van der Waals surface area contributed by atoms with Crippen LogP contribution in [0.1, 0.15) is 18.0 Å². The number of pyridine rings is 1. The van der Waals surface area contributed by atoms with Crippen LogP contribution < -0.4 is 4.90 Å². The zero-order valence-electron chi connectivity index (χ0n) is 15.0. The van der Waals surface area contributed by atoms with E-state index in [1.165, 1.54) is 4.90 Å². The molecule has 1 fully saturated rings. The summed E-state index contributed by atoms with van der Waals surface area (Å²) in [4.78, 5) is 31.7. The summed E-state index contributed by atoms with van der Waals surface area (Å²) in [5.41, 5.74) is 2.37. The molecule has 2 aromatic heterocycles. The van der Waals surface area contributed by atoms with Gasteiger partial charge in [-0.05, 0) is 36.4 Å². The van der Waals surface area contributed by atoms with Crippen molar-refractivity contribution in [3.63, 3.8) is 0 Å². The number of benzene rings is 2. The summed E-state index contributed by atoms with van der Waals surface area (Å²) in [5.74, 6) is -0.186. The highest BCUT2D eigenvalue weighted by atomic mass is 16.2. The van der Waals surface area contributed by atoms with Gasteiger partial charge in [0.1, 0.15) is 5.82 Å². The number of imide groups is 1.